The van der Waals surface area contributed by atoms with Gasteiger partial charge in [0.05, 0.1) is 17.9 Å². The van der Waals surface area contributed by atoms with Gasteiger partial charge in [0, 0.05) is 18.0 Å². The highest BCUT2D eigenvalue weighted by Crippen LogP contribution is 2.17. The van der Waals surface area contributed by atoms with Crippen LogP contribution in [0.5, 0.6) is 5.75 Å². The Morgan fingerprint density at radius 2 is 2.10 bits per heavy atom. The van der Waals surface area contributed by atoms with E-state index in [1.54, 1.807) is 24.5 Å². The predicted molar refractivity (Wildman–Crippen MR) is 81.5 cm³/mol. The van der Waals surface area contributed by atoms with Gasteiger partial charge >= 0.3 is 0 Å². The van der Waals surface area contributed by atoms with E-state index in [1.807, 2.05) is 38.1 Å². The number of ether oxygens (including phenoxy) is 1. The molecule has 0 atom stereocenters. The summed E-state index contributed by atoms with van der Waals surface area (Å²) in [6.45, 7) is 3.91. The van der Waals surface area contributed by atoms with Crippen molar-refractivity contribution in [1.29, 1.82) is 0 Å². The highest BCUT2D eigenvalue weighted by atomic mass is 16.5. The van der Waals surface area contributed by atoms with Crippen molar-refractivity contribution in [2.45, 2.75) is 20.0 Å². The van der Waals surface area contributed by atoms with Crippen LogP contribution in [0.4, 0.5) is 0 Å². The highest BCUT2D eigenvalue weighted by molar-refractivity contribution is 5.94. The molecular weight excluding hydrogens is 266 g/mol. The Kier molecular flexibility index (Phi) is 5.04. The molecule has 5 nitrogen and oxygen atoms in total. The molecule has 0 bridgehead atoms. The zero-order chi connectivity index (χ0) is 15.1. The van der Waals surface area contributed by atoms with Gasteiger partial charge in [-0.25, -0.2) is 5.43 Å². The third-order valence-corrected chi connectivity index (χ3v) is 2.58. The molecule has 0 saturated carbocycles. The van der Waals surface area contributed by atoms with E-state index >= 15 is 0 Å². The van der Waals surface area contributed by atoms with Gasteiger partial charge in [0.2, 0.25) is 0 Å². The van der Waals surface area contributed by atoms with Crippen LogP contribution in [0.2, 0.25) is 0 Å². The number of pyridine rings is 1. The summed E-state index contributed by atoms with van der Waals surface area (Å²) >= 11 is 0. The summed E-state index contributed by atoms with van der Waals surface area (Å²) in [6.07, 6.45) is 4.73. The van der Waals surface area contributed by atoms with Crippen LogP contribution in [0.3, 0.4) is 0 Å². The first kappa shape index (κ1) is 14.7. The zero-order valence-electron chi connectivity index (χ0n) is 12.0. The van der Waals surface area contributed by atoms with Gasteiger partial charge in [-0.3, -0.25) is 9.78 Å². The number of hydrogen-bond donors (Lipinski definition) is 1. The van der Waals surface area contributed by atoms with Crippen molar-refractivity contribution in [3.8, 4) is 5.75 Å². The highest BCUT2D eigenvalue weighted by Gasteiger charge is 2.04. The van der Waals surface area contributed by atoms with Gasteiger partial charge in [0.1, 0.15) is 5.75 Å². The monoisotopic (exact) mass is 283 g/mol. The van der Waals surface area contributed by atoms with Crippen LogP contribution in [0.25, 0.3) is 0 Å². The maximum Gasteiger partial charge on any atom is 0.272 e. The lowest BCUT2D eigenvalue weighted by Gasteiger charge is -2.11. The molecule has 0 unspecified atom stereocenters. The fourth-order valence-corrected chi connectivity index (χ4v) is 1.67. The molecule has 2 aromatic rings. The SMILES string of the molecule is CC(C)Oc1ccccc1/C=N\NC(=O)c1cccnc1. The molecule has 0 fully saturated rings. The molecule has 5 heteroatoms. The minimum Gasteiger partial charge on any atom is -0.490 e. The zero-order valence-corrected chi connectivity index (χ0v) is 12.0. The fourth-order valence-electron chi connectivity index (χ4n) is 1.67. The van der Waals surface area contributed by atoms with Gasteiger partial charge in [-0.05, 0) is 38.1 Å². The van der Waals surface area contributed by atoms with Crippen molar-refractivity contribution in [3.05, 3.63) is 59.9 Å². The second-order valence-corrected chi connectivity index (χ2v) is 4.65. The van der Waals surface area contributed by atoms with Gasteiger partial charge in [-0.2, -0.15) is 5.10 Å². The molecule has 1 N–H and O–H groups in total. The summed E-state index contributed by atoms with van der Waals surface area (Å²) in [5.41, 5.74) is 3.73. The number of para-hydroxylation sites is 1. The van der Waals surface area contributed by atoms with Crippen LogP contribution in [0.1, 0.15) is 29.8 Å². The number of aromatic nitrogens is 1. The second kappa shape index (κ2) is 7.19. The van der Waals surface area contributed by atoms with Crippen LogP contribution in [-0.4, -0.2) is 23.2 Å². The van der Waals surface area contributed by atoms with Gasteiger partial charge in [0.25, 0.3) is 5.91 Å². The maximum absolute atomic E-state index is 11.8. The molecule has 21 heavy (non-hydrogen) atoms. The van der Waals surface area contributed by atoms with Gasteiger partial charge in [-0.15, -0.1) is 0 Å². The van der Waals surface area contributed by atoms with E-state index in [-0.39, 0.29) is 12.0 Å². The van der Waals surface area contributed by atoms with Gasteiger partial charge in [-0.1, -0.05) is 12.1 Å². The quantitative estimate of drug-likeness (QED) is 0.677. The number of carbonyl (C=O) groups is 1. The van der Waals surface area contributed by atoms with E-state index in [9.17, 15) is 4.79 Å². The van der Waals surface area contributed by atoms with Gasteiger partial charge in [0.15, 0.2) is 0 Å². The second-order valence-electron chi connectivity index (χ2n) is 4.65. The Balaban J connectivity index is 2.03. The largest absolute Gasteiger partial charge is 0.490 e. The Morgan fingerprint density at radius 3 is 2.81 bits per heavy atom. The Hall–Kier alpha value is -2.69. The molecule has 1 aromatic heterocycles. The first-order chi connectivity index (χ1) is 10.2. The number of hydrazone groups is 1. The minimum absolute atomic E-state index is 0.0736. The third kappa shape index (κ3) is 4.42. The number of amides is 1. The number of benzene rings is 1. The summed E-state index contributed by atoms with van der Waals surface area (Å²) in [5, 5.41) is 3.95. The van der Waals surface area contributed by atoms with Crippen LogP contribution < -0.4 is 10.2 Å². The molecule has 0 spiro atoms. The van der Waals surface area contributed by atoms with Crippen LogP contribution in [0, 0.1) is 0 Å². The first-order valence-electron chi connectivity index (χ1n) is 6.66. The summed E-state index contributed by atoms with van der Waals surface area (Å²) in [4.78, 5) is 15.7. The standard InChI is InChI=1S/C16H17N3O2/c1-12(2)21-15-8-4-3-6-13(15)11-18-19-16(20)14-7-5-9-17-10-14/h3-12H,1-2H3,(H,19,20)/b18-11-. The molecule has 108 valence electrons. The molecule has 0 aliphatic rings. The van der Waals surface area contributed by atoms with E-state index in [0.717, 1.165) is 11.3 Å². The average molecular weight is 283 g/mol. The van der Waals surface area contributed by atoms with Crippen molar-refractivity contribution in [2.24, 2.45) is 5.10 Å². The molecular formula is C16H17N3O2. The topological polar surface area (TPSA) is 63.6 Å². The summed E-state index contributed by atoms with van der Waals surface area (Å²) in [7, 11) is 0. The molecule has 0 radical (unpaired) electrons. The average Bonchev–Trinajstić information content (AvgIpc) is 2.49. The summed E-state index contributed by atoms with van der Waals surface area (Å²) in [6, 6.07) is 10.9. The molecule has 2 rings (SSSR count). The van der Waals surface area contributed by atoms with Gasteiger partial charge < -0.3 is 4.74 Å². The fraction of sp³-hybridized carbons (Fsp3) is 0.188. The lowest BCUT2D eigenvalue weighted by molar-refractivity contribution is 0.0954. The molecule has 1 heterocycles. The van der Waals surface area contributed by atoms with Crippen molar-refractivity contribution in [2.75, 3.05) is 0 Å². The van der Waals surface area contributed by atoms with Crippen molar-refractivity contribution in [3.63, 3.8) is 0 Å². The lowest BCUT2D eigenvalue weighted by Crippen LogP contribution is -2.17. The molecule has 0 saturated heterocycles. The number of rotatable bonds is 5. The Labute approximate surface area is 123 Å². The van der Waals surface area contributed by atoms with E-state index in [2.05, 4.69) is 15.5 Å². The maximum atomic E-state index is 11.8. The predicted octanol–water partition coefficient (Wildman–Crippen LogP) is 2.63. The summed E-state index contributed by atoms with van der Waals surface area (Å²) < 4.78 is 5.67. The third-order valence-electron chi connectivity index (χ3n) is 2.58. The van der Waals surface area contributed by atoms with E-state index in [4.69, 9.17) is 4.74 Å². The number of nitrogens with one attached hydrogen (secondary N) is 1. The van der Waals surface area contributed by atoms with E-state index < -0.39 is 0 Å². The smallest absolute Gasteiger partial charge is 0.272 e. The number of nitrogens with zero attached hydrogens (tertiary/aromatic N) is 2. The van der Waals surface area contributed by atoms with E-state index in [1.165, 1.54) is 6.20 Å². The van der Waals surface area contributed by atoms with Crippen LogP contribution in [0.15, 0.2) is 53.9 Å². The number of carbonyl (C=O) groups excluding carboxylic acids is 1. The minimum atomic E-state index is -0.304. The molecule has 1 aromatic carbocycles. The first-order valence-corrected chi connectivity index (χ1v) is 6.66. The van der Waals surface area contributed by atoms with E-state index in [0.29, 0.717) is 5.56 Å². The normalized spacial score (nSPS) is 10.8. The van der Waals surface area contributed by atoms with Crippen molar-refractivity contribution in [1.82, 2.24) is 10.4 Å². The number of hydrogen-bond acceptors (Lipinski definition) is 4. The van der Waals surface area contributed by atoms with Crippen molar-refractivity contribution < 1.29 is 9.53 Å². The Bertz CT molecular complexity index is 624. The lowest BCUT2D eigenvalue weighted by atomic mass is 10.2. The van der Waals surface area contributed by atoms with Crippen LogP contribution >= 0.6 is 0 Å². The van der Waals surface area contributed by atoms with Crippen molar-refractivity contribution >= 4 is 12.1 Å². The molecule has 0 aliphatic heterocycles. The van der Waals surface area contributed by atoms with Crippen LogP contribution in [-0.2, 0) is 0 Å². The Morgan fingerprint density at radius 1 is 1.29 bits per heavy atom. The summed E-state index contributed by atoms with van der Waals surface area (Å²) in [5.74, 6) is 0.425. The molecule has 1 amide bonds. The molecule has 0 aliphatic carbocycles.